The number of nitrogens with zero attached hydrogens (tertiary/aromatic N) is 2. The number of hydrogen-bond donors (Lipinski definition) is 2. The molecule has 1 aromatic heterocycles. The van der Waals surface area contributed by atoms with Crippen LogP contribution in [0.4, 0.5) is 5.82 Å². The second kappa shape index (κ2) is 7.62. The Labute approximate surface area is 107 Å². The molecule has 0 saturated carbocycles. The van der Waals surface area contributed by atoms with Crippen LogP contribution in [0.15, 0.2) is 18.2 Å². The van der Waals surface area contributed by atoms with Gasteiger partial charge in [-0.25, -0.2) is 10.8 Å². The highest BCUT2D eigenvalue weighted by Gasteiger charge is 2.05. The van der Waals surface area contributed by atoms with Crippen LogP contribution >= 0.6 is 0 Å². The van der Waals surface area contributed by atoms with Gasteiger partial charge in [0.2, 0.25) is 5.88 Å². The summed E-state index contributed by atoms with van der Waals surface area (Å²) < 4.78 is 10.8. The van der Waals surface area contributed by atoms with E-state index in [1.165, 1.54) is 0 Å². The molecule has 0 fully saturated rings. The standard InChI is InChI=1S/C12H20N4O2/c1-4-17-8-11-14-10(16-13)7-12(15-11)18-6-5-9(2)3/h7H,2,4-6,8,13H2,1,3H3,(H,14,15,16). The van der Waals surface area contributed by atoms with Crippen molar-refractivity contribution >= 4 is 5.82 Å². The summed E-state index contributed by atoms with van der Waals surface area (Å²) in [6.07, 6.45) is 0.788. The maximum atomic E-state index is 5.52. The van der Waals surface area contributed by atoms with Gasteiger partial charge in [-0.3, -0.25) is 0 Å². The molecule has 6 heteroatoms. The van der Waals surface area contributed by atoms with Crippen molar-refractivity contribution in [2.75, 3.05) is 18.6 Å². The first-order valence-corrected chi connectivity index (χ1v) is 5.85. The molecule has 1 rings (SSSR count). The summed E-state index contributed by atoms with van der Waals surface area (Å²) in [6.45, 7) is 9.16. The molecule has 0 atom stereocenters. The fourth-order valence-electron chi connectivity index (χ4n) is 1.21. The molecule has 0 bridgehead atoms. The Hall–Kier alpha value is -1.66. The first-order chi connectivity index (χ1) is 8.65. The second-order valence-corrected chi connectivity index (χ2v) is 3.84. The van der Waals surface area contributed by atoms with E-state index in [1.54, 1.807) is 6.07 Å². The highest BCUT2D eigenvalue weighted by atomic mass is 16.5. The lowest BCUT2D eigenvalue weighted by Crippen LogP contribution is -2.12. The molecular weight excluding hydrogens is 232 g/mol. The molecule has 0 aliphatic carbocycles. The molecule has 0 aliphatic heterocycles. The molecule has 0 radical (unpaired) electrons. The summed E-state index contributed by atoms with van der Waals surface area (Å²) in [5, 5.41) is 0. The van der Waals surface area contributed by atoms with Crippen LogP contribution in [0.25, 0.3) is 0 Å². The summed E-state index contributed by atoms with van der Waals surface area (Å²) in [5.74, 6) is 6.87. The summed E-state index contributed by atoms with van der Waals surface area (Å²) in [5.41, 5.74) is 3.54. The van der Waals surface area contributed by atoms with Gasteiger partial charge in [-0.05, 0) is 13.8 Å². The van der Waals surface area contributed by atoms with Crippen LogP contribution in [0.5, 0.6) is 5.88 Å². The van der Waals surface area contributed by atoms with Crippen LogP contribution in [0, 0.1) is 0 Å². The summed E-state index contributed by atoms with van der Waals surface area (Å²) in [4.78, 5) is 8.39. The molecule has 18 heavy (non-hydrogen) atoms. The third-order valence-corrected chi connectivity index (χ3v) is 2.11. The normalized spacial score (nSPS) is 10.2. The van der Waals surface area contributed by atoms with Crippen molar-refractivity contribution in [1.82, 2.24) is 9.97 Å². The summed E-state index contributed by atoms with van der Waals surface area (Å²) >= 11 is 0. The number of nitrogens with two attached hydrogens (primary N) is 1. The monoisotopic (exact) mass is 252 g/mol. The molecule has 0 spiro atoms. The van der Waals surface area contributed by atoms with Gasteiger partial charge < -0.3 is 14.9 Å². The Bertz CT molecular complexity index is 396. The fourth-order valence-corrected chi connectivity index (χ4v) is 1.21. The quantitative estimate of drug-likeness (QED) is 0.416. The van der Waals surface area contributed by atoms with Gasteiger partial charge in [-0.2, -0.15) is 4.98 Å². The van der Waals surface area contributed by atoms with E-state index >= 15 is 0 Å². The fraction of sp³-hybridized carbons (Fsp3) is 0.500. The second-order valence-electron chi connectivity index (χ2n) is 3.84. The number of anilines is 1. The Kier molecular flexibility index (Phi) is 6.10. The minimum absolute atomic E-state index is 0.336. The molecule has 1 aromatic rings. The molecule has 0 unspecified atom stereocenters. The Morgan fingerprint density at radius 1 is 1.50 bits per heavy atom. The number of nitrogen functional groups attached to an aromatic ring is 1. The smallest absolute Gasteiger partial charge is 0.218 e. The number of rotatable bonds is 8. The van der Waals surface area contributed by atoms with Crippen LogP contribution < -0.4 is 16.0 Å². The van der Waals surface area contributed by atoms with Gasteiger partial charge in [-0.1, -0.05) is 5.57 Å². The van der Waals surface area contributed by atoms with E-state index in [4.69, 9.17) is 15.3 Å². The number of hydrogen-bond acceptors (Lipinski definition) is 6. The topological polar surface area (TPSA) is 82.3 Å². The maximum Gasteiger partial charge on any atom is 0.218 e. The van der Waals surface area contributed by atoms with Crippen molar-refractivity contribution in [2.24, 2.45) is 5.84 Å². The van der Waals surface area contributed by atoms with Crippen LogP contribution in [-0.4, -0.2) is 23.2 Å². The van der Waals surface area contributed by atoms with E-state index in [0.717, 1.165) is 12.0 Å². The lowest BCUT2D eigenvalue weighted by atomic mass is 10.3. The highest BCUT2D eigenvalue weighted by molar-refractivity contribution is 5.36. The zero-order valence-electron chi connectivity index (χ0n) is 10.9. The number of hydrazine groups is 1. The third-order valence-electron chi connectivity index (χ3n) is 2.11. The summed E-state index contributed by atoms with van der Waals surface area (Å²) in [6, 6.07) is 1.65. The van der Waals surface area contributed by atoms with E-state index in [0.29, 0.717) is 37.3 Å². The predicted octanol–water partition coefficient (Wildman–Crippen LogP) is 1.64. The molecular formula is C12H20N4O2. The molecule has 3 N–H and O–H groups in total. The van der Waals surface area contributed by atoms with Gasteiger partial charge in [-0.15, -0.1) is 6.58 Å². The Balaban J connectivity index is 2.67. The molecule has 6 nitrogen and oxygen atoms in total. The van der Waals surface area contributed by atoms with Crippen LogP contribution in [0.1, 0.15) is 26.1 Å². The highest BCUT2D eigenvalue weighted by Crippen LogP contribution is 2.14. The lowest BCUT2D eigenvalue weighted by molar-refractivity contribution is 0.127. The molecule has 0 aliphatic rings. The number of nitrogens with one attached hydrogen (secondary N) is 1. The zero-order chi connectivity index (χ0) is 13.4. The van der Waals surface area contributed by atoms with E-state index in [1.807, 2.05) is 13.8 Å². The van der Waals surface area contributed by atoms with Crippen molar-refractivity contribution in [3.05, 3.63) is 24.0 Å². The maximum absolute atomic E-state index is 5.52. The van der Waals surface area contributed by atoms with Crippen molar-refractivity contribution in [2.45, 2.75) is 26.9 Å². The largest absolute Gasteiger partial charge is 0.477 e. The van der Waals surface area contributed by atoms with Gasteiger partial charge >= 0.3 is 0 Å². The third kappa shape index (κ3) is 5.11. The van der Waals surface area contributed by atoms with Gasteiger partial charge in [0, 0.05) is 19.1 Å². The minimum Gasteiger partial charge on any atom is -0.477 e. The minimum atomic E-state index is 0.336. The SMILES string of the molecule is C=C(C)CCOc1cc(NN)nc(COCC)n1. The van der Waals surface area contributed by atoms with Gasteiger partial charge in [0.15, 0.2) is 5.82 Å². The first kappa shape index (κ1) is 14.4. The van der Waals surface area contributed by atoms with E-state index in [2.05, 4.69) is 22.0 Å². The number of ether oxygens (including phenoxy) is 2. The van der Waals surface area contributed by atoms with Crippen molar-refractivity contribution in [3.63, 3.8) is 0 Å². The molecule has 0 amide bonds. The van der Waals surface area contributed by atoms with E-state index < -0.39 is 0 Å². The van der Waals surface area contributed by atoms with Crippen molar-refractivity contribution < 1.29 is 9.47 Å². The Morgan fingerprint density at radius 3 is 2.89 bits per heavy atom. The van der Waals surface area contributed by atoms with E-state index in [9.17, 15) is 0 Å². The van der Waals surface area contributed by atoms with Gasteiger partial charge in [0.25, 0.3) is 0 Å². The van der Waals surface area contributed by atoms with Crippen LogP contribution in [0.2, 0.25) is 0 Å². The lowest BCUT2D eigenvalue weighted by Gasteiger charge is -2.09. The zero-order valence-corrected chi connectivity index (χ0v) is 10.9. The molecule has 100 valence electrons. The van der Waals surface area contributed by atoms with Crippen molar-refractivity contribution in [1.29, 1.82) is 0 Å². The molecule has 0 saturated heterocycles. The summed E-state index contributed by atoms with van der Waals surface area (Å²) in [7, 11) is 0. The average Bonchev–Trinajstić information content (AvgIpc) is 2.35. The predicted molar refractivity (Wildman–Crippen MR) is 70.1 cm³/mol. The number of aromatic nitrogens is 2. The Morgan fingerprint density at radius 2 is 2.28 bits per heavy atom. The van der Waals surface area contributed by atoms with Crippen molar-refractivity contribution in [3.8, 4) is 5.88 Å². The van der Waals surface area contributed by atoms with Crippen LogP contribution in [0.3, 0.4) is 0 Å². The average molecular weight is 252 g/mol. The van der Waals surface area contributed by atoms with Crippen LogP contribution in [-0.2, 0) is 11.3 Å². The molecule has 0 aromatic carbocycles. The van der Waals surface area contributed by atoms with E-state index in [-0.39, 0.29) is 0 Å². The first-order valence-electron chi connectivity index (χ1n) is 5.85. The van der Waals surface area contributed by atoms with Gasteiger partial charge in [0.1, 0.15) is 12.4 Å². The molecule has 1 heterocycles. The van der Waals surface area contributed by atoms with Gasteiger partial charge in [0.05, 0.1) is 6.61 Å².